The number of hydrogen-bond donors (Lipinski definition) is 5. The number of fused-ring (bicyclic) bond motifs is 1. The van der Waals surface area contributed by atoms with Crippen LogP contribution in [0.4, 0.5) is 5.13 Å². The Labute approximate surface area is 251 Å². The maximum absolute atomic E-state index is 13.1. The highest BCUT2D eigenvalue weighted by Crippen LogP contribution is 2.46. The van der Waals surface area contributed by atoms with Crippen LogP contribution in [-0.4, -0.2) is 80.2 Å². The molecule has 0 aromatic carbocycles. The lowest BCUT2D eigenvalue weighted by Crippen LogP contribution is -2.70. The van der Waals surface area contributed by atoms with Crippen molar-refractivity contribution in [3.8, 4) is 0 Å². The van der Waals surface area contributed by atoms with Gasteiger partial charge in [-0.05, 0) is 24.0 Å². The van der Waals surface area contributed by atoms with Crippen LogP contribution in [0.25, 0.3) is 0 Å². The Kier molecular flexibility index (Phi) is 10.2. The maximum atomic E-state index is 13.1. The maximum Gasteiger partial charge on any atom is 0.353 e. The number of nitroso groups, excluding NO2 is 1. The number of anilines is 1. The minimum atomic E-state index is -1.49. The summed E-state index contributed by atoms with van der Waals surface area (Å²) in [5.74, 6) is -2.00. The van der Waals surface area contributed by atoms with E-state index in [9.17, 15) is 29.2 Å². The molecule has 1 saturated heterocycles. The summed E-state index contributed by atoms with van der Waals surface area (Å²) in [6.07, 6.45) is 3.20. The van der Waals surface area contributed by atoms with E-state index in [1.165, 1.54) is 40.7 Å². The number of likely N-dealkylation sites (N-methyl/N-ethyl adjacent to an activating group) is 1. The lowest BCUT2D eigenvalue weighted by Gasteiger charge is -2.49. The van der Waals surface area contributed by atoms with E-state index >= 15 is 0 Å². The van der Waals surface area contributed by atoms with Gasteiger partial charge in [0.1, 0.15) is 22.5 Å². The summed E-state index contributed by atoms with van der Waals surface area (Å²) in [6, 6.07) is -0.805. The second kappa shape index (κ2) is 13.6. The predicted octanol–water partition coefficient (Wildman–Crippen LogP) is 1.50. The van der Waals surface area contributed by atoms with Crippen molar-refractivity contribution >= 4 is 75.4 Å². The highest BCUT2D eigenvalue weighted by Gasteiger charge is 2.55. The summed E-state index contributed by atoms with van der Waals surface area (Å²) in [4.78, 5) is 72.3. The summed E-state index contributed by atoms with van der Waals surface area (Å²) in [6.45, 7) is 2.09. The van der Waals surface area contributed by atoms with Gasteiger partial charge in [0, 0.05) is 38.9 Å². The van der Waals surface area contributed by atoms with Gasteiger partial charge in [0.15, 0.2) is 5.13 Å². The van der Waals surface area contributed by atoms with Gasteiger partial charge in [0.05, 0.1) is 12.2 Å². The number of thiazole rings is 1. The van der Waals surface area contributed by atoms with Crippen molar-refractivity contribution in [3.05, 3.63) is 50.6 Å². The van der Waals surface area contributed by atoms with E-state index in [-0.39, 0.29) is 34.7 Å². The number of amides is 3. The second-order valence-corrected chi connectivity index (χ2v) is 13.1. The molecule has 2 aromatic rings. The first-order valence-corrected chi connectivity index (χ1v) is 15.9. The van der Waals surface area contributed by atoms with Gasteiger partial charge in [-0.1, -0.05) is 18.7 Å². The number of aromatic nitrogens is 2. The zero-order valence-corrected chi connectivity index (χ0v) is 25.0. The summed E-state index contributed by atoms with van der Waals surface area (Å²) >= 11 is 5.01. The molecule has 0 aliphatic carbocycles. The molecule has 6 N–H and O–H groups in total. The number of carbonyl (C=O) groups excluding carboxylic acids is 3. The van der Waals surface area contributed by atoms with Crippen LogP contribution in [0.3, 0.4) is 0 Å². The van der Waals surface area contributed by atoms with Crippen LogP contribution in [0, 0.1) is 4.91 Å². The third-order valence-corrected chi connectivity index (χ3v) is 10.3. The number of rotatable bonds is 13. The van der Waals surface area contributed by atoms with Gasteiger partial charge < -0.3 is 26.8 Å². The number of carbonyl (C=O) groups is 4. The summed E-state index contributed by atoms with van der Waals surface area (Å²) < 4.78 is 0. The van der Waals surface area contributed by atoms with E-state index in [0.29, 0.717) is 21.1 Å². The zero-order valence-electron chi connectivity index (χ0n) is 21.7. The van der Waals surface area contributed by atoms with Crippen LogP contribution in [0.15, 0.2) is 44.5 Å². The fraction of sp³-hybridized carbons (Fsp3) is 0.391. The minimum absolute atomic E-state index is 0.0691. The van der Waals surface area contributed by atoms with Crippen LogP contribution < -0.4 is 21.7 Å². The molecule has 4 heterocycles. The molecule has 18 heteroatoms. The molecule has 2 unspecified atom stereocenters. The van der Waals surface area contributed by atoms with E-state index in [1.54, 1.807) is 25.5 Å². The fourth-order valence-corrected chi connectivity index (χ4v) is 8.28. The number of pyridine rings is 1. The Bertz CT molecular complexity index is 1390. The van der Waals surface area contributed by atoms with Crippen molar-refractivity contribution in [1.29, 1.82) is 0 Å². The number of carboxylic acids is 1. The number of aliphatic carboxylic acids is 1. The lowest BCUT2D eigenvalue weighted by molar-refractivity contribution is -0.150. The Morgan fingerprint density at radius 2 is 2.15 bits per heavy atom. The SMILES string of the molecule is CCSC(NC(=O)CNC)c1cnccc1SC1=C(C(=O)O)N2C(=O)[C@@H](NC(=O)C(N=O)c3csc(N)n3)[C@@H]2SC1. The summed E-state index contributed by atoms with van der Waals surface area (Å²) in [7, 11) is 1.67. The molecule has 4 rings (SSSR count). The first-order chi connectivity index (χ1) is 19.7. The molecule has 4 atom stereocenters. The standard InChI is InChI=1S/C23H26N8O6S4/c1-3-38-19(28-14(32)7-25-2)10-6-26-5-4-12(10)41-13-9-39-21-16(20(34)31(21)17(13)22(35)36)29-18(33)15(30-37)11-8-40-23(24)27-11/h4-6,8,15-16,19,21,25H,3,7,9H2,1-2H3,(H2,24,27)(H,28,32)(H,29,33)(H,35,36)/t15?,16-,19?,21+/m1/s1. The van der Waals surface area contributed by atoms with Crippen molar-refractivity contribution in [1.82, 2.24) is 30.8 Å². The highest BCUT2D eigenvalue weighted by molar-refractivity contribution is 8.06. The molecule has 0 radical (unpaired) electrons. The number of β-lactam (4-membered cyclic amide) rings is 1. The van der Waals surface area contributed by atoms with Gasteiger partial charge >= 0.3 is 5.97 Å². The van der Waals surface area contributed by atoms with Crippen molar-refractivity contribution in [3.63, 3.8) is 0 Å². The quantitative estimate of drug-likeness (QED) is 0.120. The average molecular weight is 639 g/mol. The highest BCUT2D eigenvalue weighted by atomic mass is 32.2. The Morgan fingerprint density at radius 3 is 2.78 bits per heavy atom. The first kappa shape index (κ1) is 30.8. The van der Waals surface area contributed by atoms with Crippen molar-refractivity contribution in [2.45, 2.75) is 34.7 Å². The lowest BCUT2D eigenvalue weighted by atomic mass is 10.0. The minimum Gasteiger partial charge on any atom is -0.477 e. The summed E-state index contributed by atoms with van der Waals surface area (Å²) in [5.41, 5.74) is 6.17. The fourth-order valence-electron chi connectivity index (χ4n) is 4.11. The third kappa shape index (κ3) is 6.66. The molecule has 2 aliphatic heterocycles. The predicted molar refractivity (Wildman–Crippen MR) is 158 cm³/mol. The normalized spacial score (nSPS) is 19.6. The van der Waals surface area contributed by atoms with Crippen LogP contribution in [0.5, 0.6) is 0 Å². The van der Waals surface area contributed by atoms with E-state index in [2.05, 4.69) is 31.1 Å². The van der Waals surface area contributed by atoms with Gasteiger partial charge in [-0.15, -0.1) is 39.8 Å². The van der Waals surface area contributed by atoms with Crippen molar-refractivity contribution < 1.29 is 24.3 Å². The van der Waals surface area contributed by atoms with Crippen LogP contribution >= 0.6 is 46.6 Å². The number of thioether (sulfide) groups is 3. The van der Waals surface area contributed by atoms with Gasteiger partial charge in [-0.3, -0.25) is 24.3 Å². The molecule has 14 nitrogen and oxygen atoms in total. The average Bonchev–Trinajstić information content (AvgIpc) is 3.37. The summed E-state index contributed by atoms with van der Waals surface area (Å²) in [5, 5.41) is 21.7. The first-order valence-electron chi connectivity index (χ1n) is 12.1. The van der Waals surface area contributed by atoms with Crippen LogP contribution in [0.2, 0.25) is 0 Å². The Balaban J connectivity index is 1.55. The molecule has 0 bridgehead atoms. The Morgan fingerprint density at radius 1 is 1.37 bits per heavy atom. The van der Waals surface area contributed by atoms with E-state index in [1.807, 2.05) is 6.92 Å². The monoisotopic (exact) mass is 638 g/mol. The molecule has 2 aromatic heterocycles. The molecule has 1 fully saturated rings. The molecular weight excluding hydrogens is 613 g/mol. The van der Waals surface area contributed by atoms with Gasteiger partial charge in [-0.25, -0.2) is 9.78 Å². The Hall–Kier alpha value is -3.19. The van der Waals surface area contributed by atoms with Crippen molar-refractivity contribution in [2.24, 2.45) is 5.18 Å². The molecule has 0 spiro atoms. The van der Waals surface area contributed by atoms with E-state index in [0.717, 1.165) is 16.2 Å². The molecule has 0 saturated carbocycles. The topological polar surface area (TPSA) is 209 Å². The van der Waals surface area contributed by atoms with Gasteiger partial charge in [0.2, 0.25) is 11.9 Å². The smallest absolute Gasteiger partial charge is 0.353 e. The molecule has 2 aliphatic rings. The van der Waals surface area contributed by atoms with Crippen molar-refractivity contribution in [2.75, 3.05) is 30.8 Å². The van der Waals surface area contributed by atoms with E-state index < -0.39 is 40.6 Å². The largest absolute Gasteiger partial charge is 0.477 e. The number of nitrogens with two attached hydrogens (primary N) is 1. The number of nitrogens with zero attached hydrogens (tertiary/aromatic N) is 4. The number of carboxylic acid groups (broad SMARTS) is 1. The zero-order chi connectivity index (χ0) is 29.7. The van der Waals surface area contributed by atoms with Gasteiger partial charge in [0.25, 0.3) is 11.8 Å². The van der Waals surface area contributed by atoms with E-state index in [4.69, 9.17) is 5.73 Å². The number of hydrogen-bond acceptors (Lipinski definition) is 14. The molecule has 218 valence electrons. The van der Waals surface area contributed by atoms with Gasteiger partial charge in [-0.2, -0.15) is 0 Å². The number of nitrogen functional groups attached to an aromatic ring is 1. The molecule has 3 amide bonds. The van der Waals surface area contributed by atoms with Crippen LogP contribution in [-0.2, 0) is 19.2 Å². The number of nitrogens with one attached hydrogen (secondary N) is 3. The van der Waals surface area contributed by atoms with Crippen LogP contribution in [0.1, 0.15) is 29.6 Å². The molecule has 41 heavy (non-hydrogen) atoms. The third-order valence-electron chi connectivity index (χ3n) is 5.90. The second-order valence-electron chi connectivity index (χ2n) is 8.54. The molecular formula is C23H26N8O6S4.